The van der Waals surface area contributed by atoms with Crippen LogP contribution in [0.2, 0.25) is 0 Å². The van der Waals surface area contributed by atoms with Crippen molar-refractivity contribution in [1.82, 2.24) is 10.2 Å². The molecule has 4 amide bonds. The monoisotopic (exact) mass is 457 g/mol. The molecule has 0 saturated carbocycles. The third-order valence-electron chi connectivity index (χ3n) is 4.96. The quantitative estimate of drug-likeness (QED) is 0.345. The number of hydrogen-bond donors (Lipinski definition) is 2. The average Bonchev–Trinajstić information content (AvgIpc) is 2.98. The number of amides is 4. The van der Waals surface area contributed by atoms with Crippen molar-refractivity contribution in [3.63, 3.8) is 0 Å². The Morgan fingerprint density at radius 3 is 2.52 bits per heavy atom. The van der Waals surface area contributed by atoms with Gasteiger partial charge in [-0.2, -0.15) is 0 Å². The lowest BCUT2D eigenvalue weighted by molar-refractivity contribution is -0.385. The first kappa shape index (κ1) is 23.1. The van der Waals surface area contributed by atoms with Gasteiger partial charge in [-0.05, 0) is 31.5 Å². The van der Waals surface area contributed by atoms with Crippen LogP contribution >= 0.6 is 0 Å². The van der Waals surface area contributed by atoms with Crippen LogP contribution in [0, 0.1) is 20.2 Å². The van der Waals surface area contributed by atoms with Gasteiger partial charge in [0, 0.05) is 12.1 Å². The first-order valence-electron chi connectivity index (χ1n) is 9.67. The van der Waals surface area contributed by atoms with Gasteiger partial charge in [0.1, 0.15) is 23.5 Å². The zero-order valence-corrected chi connectivity index (χ0v) is 17.6. The summed E-state index contributed by atoms with van der Waals surface area (Å²) < 4.78 is 5.22. The van der Waals surface area contributed by atoms with Crippen LogP contribution in [0.4, 0.5) is 21.9 Å². The van der Waals surface area contributed by atoms with E-state index in [-0.39, 0.29) is 22.7 Å². The van der Waals surface area contributed by atoms with Crippen molar-refractivity contribution in [2.24, 2.45) is 0 Å². The lowest BCUT2D eigenvalue weighted by Crippen LogP contribution is -2.42. The number of carbonyl (C=O) groups excluding carboxylic acids is 3. The predicted octanol–water partition coefficient (Wildman–Crippen LogP) is 2.31. The Balaban J connectivity index is 1.79. The van der Waals surface area contributed by atoms with E-state index >= 15 is 0 Å². The Kier molecular flexibility index (Phi) is 6.24. The molecule has 2 N–H and O–H groups in total. The number of nitrogens with one attached hydrogen (secondary N) is 2. The summed E-state index contributed by atoms with van der Waals surface area (Å²) in [6.07, 6.45) is 0. The van der Waals surface area contributed by atoms with Gasteiger partial charge in [-0.15, -0.1) is 0 Å². The summed E-state index contributed by atoms with van der Waals surface area (Å²) >= 11 is 0. The lowest BCUT2D eigenvalue weighted by atomic mass is 9.91. The van der Waals surface area contributed by atoms with E-state index in [4.69, 9.17) is 4.74 Å². The minimum Gasteiger partial charge on any atom is -0.494 e. The van der Waals surface area contributed by atoms with Gasteiger partial charge in [0.25, 0.3) is 17.3 Å². The molecule has 1 aliphatic heterocycles. The summed E-state index contributed by atoms with van der Waals surface area (Å²) in [6, 6.07) is 8.18. The van der Waals surface area contributed by atoms with Crippen LogP contribution in [-0.2, 0) is 15.1 Å². The molecule has 1 unspecified atom stereocenters. The number of nitro benzene ring substituents is 2. The molecule has 1 fully saturated rings. The molecule has 1 atom stereocenters. The smallest absolute Gasteiger partial charge is 0.325 e. The number of benzene rings is 2. The standard InChI is InChI=1S/C20H19N5O8/c1-3-33-14-7-8-15(16(10-14)25(31)32)21-17(26)11-23-18(27)20(2,22-19(23)28)12-5-4-6-13(9-12)24(29)30/h4-10H,3,11H2,1-2H3,(H,21,26)(H,22,28). The molecule has 2 aromatic rings. The van der Waals surface area contributed by atoms with Gasteiger partial charge in [-0.1, -0.05) is 12.1 Å². The van der Waals surface area contributed by atoms with Crippen molar-refractivity contribution in [3.05, 3.63) is 68.3 Å². The SMILES string of the molecule is CCOc1ccc(NC(=O)CN2C(=O)NC(C)(c3cccc([N+](=O)[O-])c3)C2=O)c([N+](=O)[O-])c1. The van der Waals surface area contributed by atoms with Gasteiger partial charge in [-0.25, -0.2) is 4.79 Å². The van der Waals surface area contributed by atoms with Crippen LogP contribution < -0.4 is 15.4 Å². The zero-order valence-electron chi connectivity index (χ0n) is 17.6. The molecule has 1 saturated heterocycles. The summed E-state index contributed by atoms with van der Waals surface area (Å²) in [5.41, 5.74) is -2.29. The molecule has 0 aromatic heterocycles. The second-order valence-electron chi connectivity index (χ2n) is 7.17. The number of ether oxygens (including phenoxy) is 1. The van der Waals surface area contributed by atoms with Gasteiger partial charge in [0.05, 0.1) is 22.5 Å². The van der Waals surface area contributed by atoms with E-state index in [2.05, 4.69) is 10.6 Å². The van der Waals surface area contributed by atoms with Crippen molar-refractivity contribution in [2.75, 3.05) is 18.5 Å². The van der Waals surface area contributed by atoms with Crippen LogP contribution in [0.5, 0.6) is 5.75 Å². The van der Waals surface area contributed by atoms with Crippen LogP contribution in [0.1, 0.15) is 19.4 Å². The second-order valence-corrected chi connectivity index (χ2v) is 7.17. The van der Waals surface area contributed by atoms with E-state index in [1.165, 1.54) is 37.3 Å². The second kappa shape index (κ2) is 8.90. The number of non-ortho nitro benzene ring substituents is 1. The summed E-state index contributed by atoms with van der Waals surface area (Å²) in [7, 11) is 0. The van der Waals surface area contributed by atoms with Gasteiger partial charge in [0.2, 0.25) is 5.91 Å². The topological polar surface area (TPSA) is 174 Å². The van der Waals surface area contributed by atoms with Crippen LogP contribution in [-0.4, -0.2) is 45.7 Å². The Morgan fingerprint density at radius 1 is 1.15 bits per heavy atom. The molecule has 0 radical (unpaired) electrons. The number of nitrogens with zero attached hydrogens (tertiary/aromatic N) is 3. The number of anilines is 1. The molecule has 13 heteroatoms. The highest BCUT2D eigenvalue weighted by atomic mass is 16.6. The van der Waals surface area contributed by atoms with Crippen molar-refractivity contribution in [3.8, 4) is 5.75 Å². The zero-order chi connectivity index (χ0) is 24.3. The Labute approximate surface area is 186 Å². The average molecular weight is 457 g/mol. The lowest BCUT2D eigenvalue weighted by Gasteiger charge is -2.22. The predicted molar refractivity (Wildman–Crippen MR) is 114 cm³/mol. The van der Waals surface area contributed by atoms with E-state index in [9.17, 15) is 34.6 Å². The van der Waals surface area contributed by atoms with Crippen LogP contribution in [0.25, 0.3) is 0 Å². The molecule has 33 heavy (non-hydrogen) atoms. The fourth-order valence-corrected chi connectivity index (χ4v) is 3.32. The third kappa shape index (κ3) is 4.56. The molecule has 172 valence electrons. The molecule has 1 heterocycles. The fraction of sp³-hybridized carbons (Fsp3) is 0.250. The maximum Gasteiger partial charge on any atom is 0.325 e. The Bertz CT molecular complexity index is 1170. The summed E-state index contributed by atoms with van der Waals surface area (Å²) in [6.45, 7) is 2.64. The van der Waals surface area contributed by atoms with Gasteiger partial charge in [-0.3, -0.25) is 34.7 Å². The number of nitro groups is 2. The number of urea groups is 1. The van der Waals surface area contributed by atoms with Crippen molar-refractivity contribution in [1.29, 1.82) is 0 Å². The van der Waals surface area contributed by atoms with Gasteiger partial charge in [0.15, 0.2) is 0 Å². The number of hydrogen-bond acceptors (Lipinski definition) is 8. The molecular formula is C20H19N5O8. The van der Waals surface area contributed by atoms with Crippen LogP contribution in [0.15, 0.2) is 42.5 Å². The van der Waals surface area contributed by atoms with E-state index in [1.807, 2.05) is 0 Å². The van der Waals surface area contributed by atoms with E-state index in [0.717, 1.165) is 12.1 Å². The maximum absolute atomic E-state index is 13.0. The molecule has 0 aliphatic carbocycles. The van der Waals surface area contributed by atoms with Gasteiger partial charge < -0.3 is 15.4 Å². The van der Waals surface area contributed by atoms with Gasteiger partial charge >= 0.3 is 6.03 Å². The normalized spacial score (nSPS) is 17.5. The molecule has 2 aromatic carbocycles. The highest BCUT2D eigenvalue weighted by molar-refractivity contribution is 6.10. The minimum atomic E-state index is -1.63. The fourth-order valence-electron chi connectivity index (χ4n) is 3.32. The molecular weight excluding hydrogens is 438 g/mol. The molecule has 0 bridgehead atoms. The first-order chi connectivity index (χ1) is 15.6. The minimum absolute atomic E-state index is 0.137. The first-order valence-corrected chi connectivity index (χ1v) is 9.67. The van der Waals surface area contributed by atoms with E-state index in [1.54, 1.807) is 6.92 Å². The summed E-state index contributed by atoms with van der Waals surface area (Å²) in [4.78, 5) is 59.6. The Morgan fingerprint density at radius 2 is 1.88 bits per heavy atom. The van der Waals surface area contributed by atoms with Crippen molar-refractivity contribution in [2.45, 2.75) is 19.4 Å². The number of carbonyl (C=O) groups is 3. The maximum atomic E-state index is 13.0. The third-order valence-corrected chi connectivity index (χ3v) is 4.96. The van der Waals surface area contributed by atoms with E-state index in [0.29, 0.717) is 11.5 Å². The van der Waals surface area contributed by atoms with Crippen molar-refractivity contribution < 1.29 is 29.0 Å². The molecule has 13 nitrogen and oxygen atoms in total. The van der Waals surface area contributed by atoms with Crippen molar-refractivity contribution >= 4 is 34.9 Å². The summed E-state index contributed by atoms with van der Waals surface area (Å²) in [5.74, 6) is -1.41. The molecule has 1 aliphatic rings. The highest BCUT2D eigenvalue weighted by Gasteiger charge is 2.49. The Hall–Kier alpha value is -4.55. The molecule has 3 rings (SSSR count). The number of rotatable bonds is 8. The summed E-state index contributed by atoms with van der Waals surface area (Å²) in [5, 5.41) is 27.2. The highest BCUT2D eigenvalue weighted by Crippen LogP contribution is 2.32. The van der Waals surface area contributed by atoms with Crippen LogP contribution in [0.3, 0.4) is 0 Å². The molecule has 0 spiro atoms. The van der Waals surface area contributed by atoms with E-state index < -0.39 is 45.5 Å². The number of imide groups is 1. The largest absolute Gasteiger partial charge is 0.494 e.